The summed E-state index contributed by atoms with van der Waals surface area (Å²) in [6.45, 7) is 5.69. The average molecular weight is 175 g/mol. The van der Waals surface area contributed by atoms with Crippen LogP contribution in [0.3, 0.4) is 0 Å². The molecule has 0 aliphatic carbocycles. The van der Waals surface area contributed by atoms with Crippen molar-refractivity contribution in [3.8, 4) is 0 Å². The van der Waals surface area contributed by atoms with Crippen LogP contribution in [0.5, 0.6) is 0 Å². The summed E-state index contributed by atoms with van der Waals surface area (Å²) < 4.78 is 5.02. The first-order valence-electron chi connectivity index (χ1n) is 3.34. The third-order valence-electron chi connectivity index (χ3n) is 0.750. The van der Waals surface area contributed by atoms with Crippen LogP contribution < -0.4 is 5.32 Å². The van der Waals surface area contributed by atoms with E-state index in [4.69, 9.17) is 4.43 Å². The molecule has 0 aromatic carbocycles. The molecular weight excluding hydrogens is 162 g/mol. The molecule has 4 nitrogen and oxygen atoms in total. The largest absolute Gasteiger partial charge is 0.519 e. The van der Waals surface area contributed by atoms with Gasteiger partial charge >= 0.3 is 5.97 Å². The third kappa shape index (κ3) is 7.05. The lowest BCUT2D eigenvalue weighted by Crippen LogP contribution is -2.34. The molecule has 64 valence electrons. The molecule has 0 aliphatic rings. The summed E-state index contributed by atoms with van der Waals surface area (Å²) in [5.41, 5.74) is 0. The summed E-state index contributed by atoms with van der Waals surface area (Å²) >= 11 is 0. The lowest BCUT2D eigenvalue weighted by Gasteiger charge is -2.16. The minimum Gasteiger partial charge on any atom is -0.519 e. The van der Waals surface area contributed by atoms with Crippen LogP contribution in [-0.4, -0.2) is 27.2 Å². The summed E-state index contributed by atoms with van der Waals surface area (Å²) in [7, 11) is -1.78. The molecule has 0 aromatic rings. The van der Waals surface area contributed by atoms with Crippen molar-refractivity contribution in [2.45, 2.75) is 19.6 Å². The van der Waals surface area contributed by atoms with Gasteiger partial charge in [-0.2, -0.15) is 0 Å². The second kappa shape index (κ2) is 4.12. The maximum Gasteiger partial charge on any atom is 0.312 e. The summed E-state index contributed by atoms with van der Waals surface area (Å²) in [5.74, 6) is -0.365. The third-order valence-corrected chi connectivity index (χ3v) is 1.59. The molecular formula is C6H13NO3Si. The molecule has 0 fully saturated rings. The van der Waals surface area contributed by atoms with Crippen molar-refractivity contribution >= 4 is 20.7 Å². The van der Waals surface area contributed by atoms with Gasteiger partial charge < -0.3 is 9.74 Å². The SMILES string of the molecule is C[Si](C)(C)OC(=O)CNC=O. The highest BCUT2D eigenvalue weighted by atomic mass is 28.4. The Kier molecular flexibility index (Phi) is 3.81. The highest BCUT2D eigenvalue weighted by molar-refractivity contribution is 6.71. The van der Waals surface area contributed by atoms with Gasteiger partial charge in [-0.15, -0.1) is 0 Å². The highest BCUT2D eigenvalue weighted by Gasteiger charge is 2.19. The van der Waals surface area contributed by atoms with E-state index in [1.54, 1.807) is 0 Å². The Morgan fingerprint density at radius 1 is 1.55 bits per heavy atom. The van der Waals surface area contributed by atoms with E-state index in [1.165, 1.54) is 0 Å². The highest BCUT2D eigenvalue weighted by Crippen LogP contribution is 2.01. The topological polar surface area (TPSA) is 55.4 Å². The van der Waals surface area contributed by atoms with Crippen LogP contribution in [0.1, 0.15) is 0 Å². The van der Waals surface area contributed by atoms with Crippen LogP contribution >= 0.6 is 0 Å². The fourth-order valence-corrected chi connectivity index (χ4v) is 1.26. The molecule has 0 heterocycles. The van der Waals surface area contributed by atoms with Gasteiger partial charge in [0.05, 0.1) is 0 Å². The maximum atomic E-state index is 10.8. The summed E-state index contributed by atoms with van der Waals surface area (Å²) in [6, 6.07) is 0. The molecule has 0 atom stereocenters. The van der Waals surface area contributed by atoms with Crippen molar-refractivity contribution in [2.75, 3.05) is 6.54 Å². The van der Waals surface area contributed by atoms with E-state index in [1.807, 2.05) is 19.6 Å². The molecule has 0 rings (SSSR count). The van der Waals surface area contributed by atoms with Crippen LogP contribution in [-0.2, 0) is 14.0 Å². The Hall–Kier alpha value is -0.843. The second-order valence-corrected chi connectivity index (χ2v) is 7.51. The first-order valence-corrected chi connectivity index (χ1v) is 6.75. The predicted molar refractivity (Wildman–Crippen MR) is 43.5 cm³/mol. The van der Waals surface area contributed by atoms with Crippen LogP contribution in [0.2, 0.25) is 19.6 Å². The van der Waals surface area contributed by atoms with E-state index in [0.717, 1.165) is 0 Å². The van der Waals surface area contributed by atoms with E-state index in [2.05, 4.69) is 5.32 Å². The van der Waals surface area contributed by atoms with Crippen molar-refractivity contribution in [3.05, 3.63) is 0 Å². The Balaban J connectivity index is 3.61. The number of nitrogens with one attached hydrogen (secondary N) is 1. The van der Waals surface area contributed by atoms with E-state index in [0.29, 0.717) is 6.41 Å². The molecule has 0 saturated carbocycles. The molecule has 1 N–H and O–H groups in total. The first kappa shape index (κ1) is 10.2. The summed E-state index contributed by atoms with van der Waals surface area (Å²) in [6.07, 6.45) is 0.478. The monoisotopic (exact) mass is 175 g/mol. The number of amides is 1. The Bertz CT molecular complexity index is 152. The van der Waals surface area contributed by atoms with Gasteiger partial charge in [-0.05, 0) is 19.6 Å². The normalized spacial score (nSPS) is 10.5. The van der Waals surface area contributed by atoms with E-state index < -0.39 is 8.32 Å². The summed E-state index contributed by atoms with van der Waals surface area (Å²) in [5, 5.41) is 2.24. The lowest BCUT2D eigenvalue weighted by molar-refractivity contribution is -0.135. The molecule has 0 bridgehead atoms. The van der Waals surface area contributed by atoms with Crippen LogP contribution in [0, 0.1) is 0 Å². The Morgan fingerprint density at radius 2 is 2.09 bits per heavy atom. The standard InChI is InChI=1S/C6H13NO3Si/c1-11(2,3)10-6(9)4-7-5-8/h5H,4H2,1-3H3,(H,7,8). The maximum absolute atomic E-state index is 10.8. The molecule has 0 unspecified atom stereocenters. The minimum atomic E-state index is -1.78. The van der Waals surface area contributed by atoms with Crippen molar-refractivity contribution in [3.63, 3.8) is 0 Å². The van der Waals surface area contributed by atoms with Crippen molar-refractivity contribution < 1.29 is 14.0 Å². The number of rotatable bonds is 4. The van der Waals surface area contributed by atoms with Gasteiger partial charge in [-0.3, -0.25) is 9.59 Å². The smallest absolute Gasteiger partial charge is 0.312 e. The van der Waals surface area contributed by atoms with Gasteiger partial charge in [0.1, 0.15) is 6.54 Å². The molecule has 0 saturated heterocycles. The van der Waals surface area contributed by atoms with Crippen molar-refractivity contribution in [1.82, 2.24) is 5.32 Å². The molecule has 11 heavy (non-hydrogen) atoms. The van der Waals surface area contributed by atoms with Gasteiger partial charge in [0.15, 0.2) is 0 Å². The van der Waals surface area contributed by atoms with Crippen molar-refractivity contribution in [2.24, 2.45) is 0 Å². The zero-order valence-electron chi connectivity index (χ0n) is 7.01. The van der Waals surface area contributed by atoms with Crippen LogP contribution in [0.15, 0.2) is 0 Å². The van der Waals surface area contributed by atoms with Gasteiger partial charge in [0.25, 0.3) is 0 Å². The van der Waals surface area contributed by atoms with E-state index >= 15 is 0 Å². The first-order chi connectivity index (χ1) is 4.95. The van der Waals surface area contributed by atoms with E-state index in [-0.39, 0.29) is 12.5 Å². The zero-order chi connectivity index (χ0) is 8.91. The molecule has 5 heteroatoms. The fourth-order valence-electron chi connectivity index (χ4n) is 0.503. The molecule has 0 spiro atoms. The summed E-state index contributed by atoms with van der Waals surface area (Å²) in [4.78, 5) is 20.6. The van der Waals surface area contributed by atoms with Crippen LogP contribution in [0.4, 0.5) is 0 Å². The zero-order valence-corrected chi connectivity index (χ0v) is 8.01. The number of hydrogen-bond acceptors (Lipinski definition) is 3. The van der Waals surface area contributed by atoms with Gasteiger partial charge in [-0.25, -0.2) is 0 Å². The molecule has 0 aliphatic heterocycles. The molecule has 0 aromatic heterocycles. The minimum absolute atomic E-state index is 0.0340. The number of hydrogen-bond donors (Lipinski definition) is 1. The number of carbonyl (C=O) groups is 2. The molecule has 1 amide bonds. The lowest BCUT2D eigenvalue weighted by atomic mass is 10.7. The Morgan fingerprint density at radius 3 is 2.45 bits per heavy atom. The van der Waals surface area contributed by atoms with E-state index in [9.17, 15) is 9.59 Å². The van der Waals surface area contributed by atoms with Gasteiger partial charge in [-0.1, -0.05) is 0 Å². The second-order valence-electron chi connectivity index (χ2n) is 3.09. The quantitative estimate of drug-likeness (QED) is 0.487. The Labute approximate surface area is 67.1 Å². The van der Waals surface area contributed by atoms with Gasteiger partial charge in [0.2, 0.25) is 14.7 Å². The average Bonchev–Trinajstić information content (AvgIpc) is 1.79. The van der Waals surface area contributed by atoms with Crippen LogP contribution in [0.25, 0.3) is 0 Å². The van der Waals surface area contributed by atoms with Crippen molar-refractivity contribution in [1.29, 1.82) is 0 Å². The van der Waals surface area contributed by atoms with Gasteiger partial charge in [0, 0.05) is 0 Å². The fraction of sp³-hybridized carbons (Fsp3) is 0.667. The number of carbonyl (C=O) groups excluding carboxylic acids is 2. The predicted octanol–water partition coefficient (Wildman–Crippen LogP) is 0.110. The molecule has 0 radical (unpaired) electrons.